The number of carbonyl (C=O) groups excluding carboxylic acids is 1. The molecule has 1 saturated heterocycles. The third-order valence-electron chi connectivity index (χ3n) is 6.63. The van der Waals surface area contributed by atoms with Crippen molar-refractivity contribution in [1.82, 2.24) is 19.9 Å². The summed E-state index contributed by atoms with van der Waals surface area (Å²) in [5.74, 6) is 1.06. The van der Waals surface area contributed by atoms with Crippen molar-refractivity contribution in [3.63, 3.8) is 0 Å². The van der Waals surface area contributed by atoms with E-state index in [0.717, 1.165) is 30.0 Å². The number of methoxy groups -OCH3 is 1. The van der Waals surface area contributed by atoms with Gasteiger partial charge in [-0.3, -0.25) is 10.2 Å². The Balaban J connectivity index is 1.57. The van der Waals surface area contributed by atoms with Gasteiger partial charge in [0.15, 0.2) is 5.82 Å². The third-order valence-corrected chi connectivity index (χ3v) is 7.46. The lowest BCUT2D eigenvalue weighted by Gasteiger charge is -2.32. The minimum atomic E-state index is -1.24. The van der Waals surface area contributed by atoms with Gasteiger partial charge < -0.3 is 20.1 Å². The van der Waals surface area contributed by atoms with Crippen LogP contribution in [0.1, 0.15) is 64.8 Å². The van der Waals surface area contributed by atoms with Crippen molar-refractivity contribution in [3.8, 4) is 5.75 Å². The molecule has 0 atom stereocenters. The number of thiazole rings is 1. The molecule has 1 aromatic carbocycles. The molecule has 0 unspecified atom stereocenters. The number of amides is 1. The molecule has 3 N–H and O–H groups in total. The largest absolute Gasteiger partial charge is 0.496 e. The summed E-state index contributed by atoms with van der Waals surface area (Å²) in [6, 6.07) is 5.06. The number of carbonyl (C=O) groups is 1. The zero-order valence-electron chi connectivity index (χ0n) is 22.0. The van der Waals surface area contributed by atoms with Gasteiger partial charge in [-0.2, -0.15) is 0 Å². The maximum Gasteiger partial charge on any atom is 0.257 e. The maximum absolute atomic E-state index is 13.6. The number of nitrogens with zero attached hydrogens (tertiary/aromatic N) is 4. The first-order chi connectivity index (χ1) is 17.6. The Hall–Kier alpha value is -3.37. The standard InChI is InChI=1S/C27H34N6O3S/c1-16-31-18(15-37-16)12-17-7-10-33(11-8-17)25(34)20-13-19(22(29-4)14-23(20)36-5)24(28)21-6-9-30-26(32-21)27(2,3)35/h6,9,13-15,17,28-29,35H,7-8,10-12H2,1-5H3. The van der Waals surface area contributed by atoms with Gasteiger partial charge in [-0.1, -0.05) is 0 Å². The summed E-state index contributed by atoms with van der Waals surface area (Å²) in [7, 11) is 3.29. The van der Waals surface area contributed by atoms with Gasteiger partial charge in [0.1, 0.15) is 11.4 Å². The number of piperidine rings is 1. The Kier molecular flexibility index (Phi) is 7.89. The summed E-state index contributed by atoms with van der Waals surface area (Å²) in [5.41, 5.74) is 1.92. The summed E-state index contributed by atoms with van der Waals surface area (Å²) in [6.45, 7) is 6.54. The van der Waals surface area contributed by atoms with Crippen LogP contribution in [0.15, 0.2) is 29.8 Å². The van der Waals surface area contributed by atoms with Crippen LogP contribution in [0.4, 0.5) is 5.69 Å². The van der Waals surface area contributed by atoms with Crippen LogP contribution in [0.5, 0.6) is 5.75 Å². The number of aliphatic hydroxyl groups is 1. The van der Waals surface area contributed by atoms with Crippen molar-refractivity contribution in [2.24, 2.45) is 5.92 Å². The number of nitrogens with one attached hydrogen (secondary N) is 2. The predicted octanol–water partition coefficient (Wildman–Crippen LogP) is 4.03. The average Bonchev–Trinajstić information content (AvgIpc) is 3.31. The first kappa shape index (κ1) is 26.7. The first-order valence-corrected chi connectivity index (χ1v) is 13.2. The summed E-state index contributed by atoms with van der Waals surface area (Å²) in [6.07, 6.45) is 4.31. The van der Waals surface area contributed by atoms with E-state index in [-0.39, 0.29) is 17.4 Å². The summed E-state index contributed by atoms with van der Waals surface area (Å²) < 4.78 is 5.58. The Morgan fingerprint density at radius 1 is 1.27 bits per heavy atom. The molecule has 1 aliphatic heterocycles. The van der Waals surface area contributed by atoms with Crippen molar-refractivity contribution in [1.29, 1.82) is 5.41 Å². The van der Waals surface area contributed by atoms with Crippen LogP contribution in [0.25, 0.3) is 0 Å². The van der Waals surface area contributed by atoms with Crippen molar-refractivity contribution >= 4 is 28.6 Å². The Morgan fingerprint density at radius 2 is 2.00 bits per heavy atom. The molecule has 0 saturated carbocycles. The van der Waals surface area contributed by atoms with Crippen LogP contribution in [-0.4, -0.2) is 63.8 Å². The molecule has 1 amide bonds. The predicted molar refractivity (Wildman–Crippen MR) is 145 cm³/mol. The average molecular weight is 523 g/mol. The molecular formula is C27H34N6O3S. The van der Waals surface area contributed by atoms with Gasteiger partial charge in [0, 0.05) is 49.0 Å². The molecule has 0 bridgehead atoms. The molecule has 0 aliphatic carbocycles. The van der Waals surface area contributed by atoms with Crippen LogP contribution in [-0.2, 0) is 12.0 Å². The van der Waals surface area contributed by atoms with E-state index < -0.39 is 5.60 Å². The van der Waals surface area contributed by atoms with E-state index in [9.17, 15) is 9.90 Å². The zero-order chi connectivity index (χ0) is 26.7. The van der Waals surface area contributed by atoms with Crippen molar-refractivity contribution < 1.29 is 14.6 Å². The molecule has 1 fully saturated rings. The van der Waals surface area contributed by atoms with Gasteiger partial charge in [-0.05, 0) is 58.1 Å². The zero-order valence-corrected chi connectivity index (χ0v) is 22.8. The van der Waals surface area contributed by atoms with Gasteiger partial charge in [-0.25, -0.2) is 15.0 Å². The van der Waals surface area contributed by atoms with E-state index in [1.807, 2.05) is 11.8 Å². The van der Waals surface area contributed by atoms with Crippen molar-refractivity contribution in [3.05, 3.63) is 63.1 Å². The van der Waals surface area contributed by atoms with Gasteiger partial charge in [0.2, 0.25) is 0 Å². The molecule has 2 aromatic heterocycles. The fourth-order valence-corrected chi connectivity index (χ4v) is 5.19. The van der Waals surface area contributed by atoms with Crippen LogP contribution in [0, 0.1) is 18.3 Å². The highest BCUT2D eigenvalue weighted by molar-refractivity contribution is 7.09. The van der Waals surface area contributed by atoms with Crippen molar-refractivity contribution in [2.75, 3.05) is 32.6 Å². The number of aryl methyl sites for hydroxylation is 1. The van der Waals surface area contributed by atoms with Gasteiger partial charge in [-0.15, -0.1) is 11.3 Å². The maximum atomic E-state index is 13.6. The van der Waals surface area contributed by atoms with Gasteiger partial charge in [0.25, 0.3) is 5.91 Å². The second-order valence-corrected chi connectivity index (χ2v) is 10.9. The van der Waals surface area contributed by atoms with Gasteiger partial charge in [0.05, 0.1) is 34.8 Å². The lowest BCUT2D eigenvalue weighted by atomic mass is 9.92. The molecule has 3 heterocycles. The quantitative estimate of drug-likeness (QED) is 0.382. The monoisotopic (exact) mass is 522 g/mol. The topological polar surface area (TPSA) is 124 Å². The number of anilines is 1. The lowest BCUT2D eigenvalue weighted by Crippen LogP contribution is -2.39. The molecule has 37 heavy (non-hydrogen) atoms. The Morgan fingerprint density at radius 3 is 2.59 bits per heavy atom. The Bertz CT molecular complexity index is 1290. The van der Waals surface area contributed by atoms with Crippen LogP contribution in [0.3, 0.4) is 0 Å². The normalized spacial score (nSPS) is 14.5. The van der Waals surface area contributed by atoms with E-state index in [1.54, 1.807) is 57.5 Å². The van der Waals surface area contributed by atoms with Crippen LogP contribution >= 0.6 is 11.3 Å². The number of hydrogen-bond acceptors (Lipinski definition) is 9. The molecule has 10 heteroatoms. The number of aromatic nitrogens is 3. The SMILES string of the molecule is CNc1cc(OC)c(C(=O)N2CCC(Cc3csc(C)n3)CC2)cc1C(=N)c1ccnc(C(C)(C)O)n1. The lowest BCUT2D eigenvalue weighted by molar-refractivity contribution is 0.0681. The summed E-state index contributed by atoms with van der Waals surface area (Å²) >= 11 is 1.67. The number of hydrogen-bond donors (Lipinski definition) is 3. The molecule has 4 rings (SSSR count). The highest BCUT2D eigenvalue weighted by atomic mass is 32.1. The van der Waals surface area contributed by atoms with E-state index >= 15 is 0 Å². The van der Waals surface area contributed by atoms with Crippen LogP contribution < -0.4 is 10.1 Å². The first-order valence-electron chi connectivity index (χ1n) is 12.4. The smallest absolute Gasteiger partial charge is 0.257 e. The molecule has 196 valence electrons. The summed E-state index contributed by atoms with van der Waals surface area (Å²) in [4.78, 5) is 28.6. The van der Waals surface area contributed by atoms with Crippen LogP contribution in [0.2, 0.25) is 0 Å². The minimum Gasteiger partial charge on any atom is -0.496 e. The molecular weight excluding hydrogens is 488 g/mol. The highest BCUT2D eigenvalue weighted by Gasteiger charge is 2.28. The number of rotatable bonds is 8. The number of benzene rings is 1. The van der Waals surface area contributed by atoms with Crippen molar-refractivity contribution in [2.45, 2.75) is 45.6 Å². The number of likely N-dealkylation sites (tertiary alicyclic amines) is 1. The fourth-order valence-electron chi connectivity index (χ4n) is 4.57. The second-order valence-electron chi connectivity index (χ2n) is 9.85. The molecule has 1 aliphatic rings. The molecule has 3 aromatic rings. The molecule has 0 spiro atoms. The second kappa shape index (κ2) is 10.9. The van der Waals surface area contributed by atoms with E-state index in [0.29, 0.717) is 47.3 Å². The minimum absolute atomic E-state index is 0.114. The fraction of sp³-hybridized carbons (Fsp3) is 0.444. The van der Waals surface area contributed by atoms with Gasteiger partial charge >= 0.3 is 0 Å². The summed E-state index contributed by atoms with van der Waals surface area (Å²) in [5, 5.41) is 25.5. The van der Waals surface area contributed by atoms with E-state index in [1.165, 1.54) is 6.20 Å². The third kappa shape index (κ3) is 5.97. The van der Waals surface area contributed by atoms with E-state index in [4.69, 9.17) is 10.1 Å². The number of ether oxygens (including phenoxy) is 1. The highest BCUT2D eigenvalue weighted by Crippen LogP contribution is 2.31. The molecule has 0 radical (unpaired) electrons. The van der Waals surface area contributed by atoms with E-state index in [2.05, 4.69) is 25.6 Å². The Labute approximate surface area is 221 Å². The molecule has 9 nitrogen and oxygen atoms in total.